The summed E-state index contributed by atoms with van der Waals surface area (Å²) in [4.78, 5) is 4.61. The molecule has 2 aromatic carbocycles. The van der Waals surface area contributed by atoms with E-state index in [0.29, 0.717) is 5.02 Å². The van der Waals surface area contributed by atoms with Crippen molar-refractivity contribution in [3.63, 3.8) is 0 Å². The van der Waals surface area contributed by atoms with Crippen molar-refractivity contribution in [2.45, 2.75) is 12.3 Å². The number of alkyl halides is 1. The molecule has 1 unspecified atom stereocenters. The standard InChI is InChI=1S/C15H11BrCl2N2/c1-9(17)15-19-13-7-3-6-12(18)14(13)20(15)11-5-2-4-10(16)8-11/h2-9H,1H3. The summed E-state index contributed by atoms with van der Waals surface area (Å²) in [6, 6.07) is 13.7. The predicted molar refractivity (Wildman–Crippen MR) is 88.0 cm³/mol. The zero-order valence-electron chi connectivity index (χ0n) is 10.6. The van der Waals surface area contributed by atoms with E-state index in [1.807, 2.05) is 54.0 Å². The highest BCUT2D eigenvalue weighted by Gasteiger charge is 2.18. The Morgan fingerprint density at radius 2 is 1.95 bits per heavy atom. The lowest BCUT2D eigenvalue weighted by Crippen LogP contribution is -2.02. The van der Waals surface area contributed by atoms with Gasteiger partial charge in [0, 0.05) is 10.2 Å². The molecule has 0 saturated heterocycles. The molecule has 1 atom stereocenters. The first kappa shape index (κ1) is 13.9. The van der Waals surface area contributed by atoms with Crippen LogP contribution in [0.1, 0.15) is 18.1 Å². The first-order valence-corrected chi connectivity index (χ1v) is 7.75. The largest absolute Gasteiger partial charge is 0.294 e. The number of imidazole rings is 1. The fourth-order valence-corrected chi connectivity index (χ4v) is 3.03. The highest BCUT2D eigenvalue weighted by atomic mass is 79.9. The van der Waals surface area contributed by atoms with Crippen LogP contribution in [0, 0.1) is 0 Å². The van der Waals surface area contributed by atoms with E-state index in [2.05, 4.69) is 20.9 Å². The molecule has 0 spiro atoms. The molecule has 5 heteroatoms. The second-order valence-corrected chi connectivity index (χ2v) is 6.49. The van der Waals surface area contributed by atoms with E-state index in [9.17, 15) is 0 Å². The van der Waals surface area contributed by atoms with Gasteiger partial charge in [-0.2, -0.15) is 0 Å². The number of para-hydroxylation sites is 1. The molecule has 20 heavy (non-hydrogen) atoms. The summed E-state index contributed by atoms with van der Waals surface area (Å²) in [7, 11) is 0. The minimum absolute atomic E-state index is 0.211. The number of nitrogens with zero attached hydrogens (tertiary/aromatic N) is 2. The normalized spacial score (nSPS) is 12.8. The Hall–Kier alpha value is -1.03. The average molecular weight is 370 g/mol. The van der Waals surface area contributed by atoms with E-state index >= 15 is 0 Å². The van der Waals surface area contributed by atoms with Gasteiger partial charge in [0.1, 0.15) is 5.82 Å². The lowest BCUT2D eigenvalue weighted by Gasteiger charge is -2.11. The lowest BCUT2D eigenvalue weighted by atomic mass is 10.2. The highest BCUT2D eigenvalue weighted by Crippen LogP contribution is 2.32. The first-order valence-electron chi connectivity index (χ1n) is 6.15. The summed E-state index contributed by atoms with van der Waals surface area (Å²) in [6.07, 6.45) is 0. The number of hydrogen-bond acceptors (Lipinski definition) is 1. The van der Waals surface area contributed by atoms with Crippen molar-refractivity contribution in [1.29, 1.82) is 0 Å². The summed E-state index contributed by atoms with van der Waals surface area (Å²) in [5.74, 6) is 0.785. The van der Waals surface area contributed by atoms with E-state index in [-0.39, 0.29) is 5.38 Å². The smallest absolute Gasteiger partial charge is 0.132 e. The average Bonchev–Trinajstić information content (AvgIpc) is 2.80. The minimum Gasteiger partial charge on any atom is -0.294 e. The molecule has 1 aromatic heterocycles. The molecular formula is C15H11BrCl2N2. The minimum atomic E-state index is -0.211. The van der Waals surface area contributed by atoms with Gasteiger partial charge < -0.3 is 0 Å². The third kappa shape index (κ3) is 2.34. The Kier molecular flexibility index (Phi) is 3.76. The summed E-state index contributed by atoms with van der Waals surface area (Å²) in [5.41, 5.74) is 2.72. The topological polar surface area (TPSA) is 17.8 Å². The van der Waals surface area contributed by atoms with Crippen LogP contribution in [0.15, 0.2) is 46.9 Å². The first-order chi connectivity index (χ1) is 9.58. The zero-order chi connectivity index (χ0) is 14.3. The number of fused-ring (bicyclic) bond motifs is 1. The molecule has 1 heterocycles. The van der Waals surface area contributed by atoms with Crippen molar-refractivity contribution in [3.05, 3.63) is 57.8 Å². The third-order valence-electron chi connectivity index (χ3n) is 3.08. The van der Waals surface area contributed by atoms with Gasteiger partial charge in [-0.3, -0.25) is 4.57 Å². The van der Waals surface area contributed by atoms with Crippen molar-refractivity contribution < 1.29 is 0 Å². The maximum Gasteiger partial charge on any atom is 0.132 e. The van der Waals surface area contributed by atoms with Gasteiger partial charge >= 0.3 is 0 Å². The summed E-state index contributed by atoms with van der Waals surface area (Å²) < 4.78 is 3.01. The van der Waals surface area contributed by atoms with Crippen LogP contribution in [0.4, 0.5) is 0 Å². The third-order valence-corrected chi connectivity index (χ3v) is 4.07. The number of hydrogen-bond donors (Lipinski definition) is 0. The molecule has 3 rings (SSSR count). The van der Waals surface area contributed by atoms with Gasteiger partial charge in [0.2, 0.25) is 0 Å². The van der Waals surface area contributed by atoms with Gasteiger partial charge in [-0.15, -0.1) is 11.6 Å². The Bertz CT molecular complexity index is 781. The van der Waals surface area contributed by atoms with Crippen LogP contribution in [0.2, 0.25) is 5.02 Å². The Balaban J connectivity index is 2.40. The molecule has 0 N–H and O–H groups in total. The summed E-state index contributed by atoms with van der Waals surface area (Å²) in [6.45, 7) is 1.91. The molecule has 0 fully saturated rings. The molecule has 0 bridgehead atoms. The van der Waals surface area contributed by atoms with Crippen molar-refractivity contribution in [1.82, 2.24) is 9.55 Å². The van der Waals surface area contributed by atoms with Gasteiger partial charge in [-0.05, 0) is 37.3 Å². The Labute approximate surface area is 135 Å². The van der Waals surface area contributed by atoms with Crippen molar-refractivity contribution in [2.75, 3.05) is 0 Å². The van der Waals surface area contributed by atoms with E-state index in [4.69, 9.17) is 23.2 Å². The van der Waals surface area contributed by atoms with Gasteiger partial charge in [-0.1, -0.05) is 39.7 Å². The molecule has 0 radical (unpaired) electrons. The molecule has 0 aliphatic rings. The Morgan fingerprint density at radius 3 is 2.65 bits per heavy atom. The number of rotatable bonds is 2. The number of halogens is 3. The van der Waals surface area contributed by atoms with E-state index in [1.54, 1.807) is 0 Å². The van der Waals surface area contributed by atoms with Gasteiger partial charge in [0.25, 0.3) is 0 Å². The summed E-state index contributed by atoms with van der Waals surface area (Å²) >= 11 is 16.1. The molecular weight excluding hydrogens is 359 g/mol. The van der Waals surface area contributed by atoms with Crippen LogP contribution in [-0.4, -0.2) is 9.55 Å². The van der Waals surface area contributed by atoms with Gasteiger partial charge in [0.15, 0.2) is 0 Å². The molecule has 0 saturated carbocycles. The fourth-order valence-electron chi connectivity index (χ4n) is 2.25. The highest BCUT2D eigenvalue weighted by molar-refractivity contribution is 9.10. The van der Waals surface area contributed by atoms with Crippen LogP contribution in [0.25, 0.3) is 16.7 Å². The van der Waals surface area contributed by atoms with Crippen LogP contribution in [0.5, 0.6) is 0 Å². The number of benzene rings is 2. The zero-order valence-corrected chi connectivity index (χ0v) is 13.7. The quantitative estimate of drug-likeness (QED) is 0.526. The van der Waals surface area contributed by atoms with Crippen molar-refractivity contribution >= 4 is 50.2 Å². The molecule has 2 nitrogen and oxygen atoms in total. The van der Waals surface area contributed by atoms with Gasteiger partial charge in [0.05, 0.1) is 21.4 Å². The van der Waals surface area contributed by atoms with Crippen LogP contribution in [0.3, 0.4) is 0 Å². The van der Waals surface area contributed by atoms with Gasteiger partial charge in [-0.25, -0.2) is 4.98 Å². The molecule has 0 amide bonds. The fraction of sp³-hybridized carbons (Fsp3) is 0.133. The number of aromatic nitrogens is 2. The van der Waals surface area contributed by atoms with Crippen molar-refractivity contribution in [2.24, 2.45) is 0 Å². The maximum atomic E-state index is 6.35. The molecule has 0 aliphatic heterocycles. The van der Waals surface area contributed by atoms with Crippen LogP contribution >= 0.6 is 39.1 Å². The lowest BCUT2D eigenvalue weighted by molar-refractivity contribution is 0.882. The van der Waals surface area contributed by atoms with E-state index < -0.39 is 0 Å². The van der Waals surface area contributed by atoms with Crippen LogP contribution in [-0.2, 0) is 0 Å². The Morgan fingerprint density at radius 1 is 1.20 bits per heavy atom. The van der Waals surface area contributed by atoms with E-state index in [0.717, 1.165) is 27.0 Å². The SMILES string of the molecule is CC(Cl)c1nc2cccc(Cl)c2n1-c1cccc(Br)c1. The maximum absolute atomic E-state index is 6.35. The van der Waals surface area contributed by atoms with E-state index in [1.165, 1.54) is 0 Å². The predicted octanol–water partition coefficient (Wildman–Crippen LogP) is 5.74. The molecule has 3 aromatic rings. The second-order valence-electron chi connectivity index (χ2n) is 4.51. The monoisotopic (exact) mass is 368 g/mol. The molecule has 0 aliphatic carbocycles. The summed E-state index contributed by atoms with van der Waals surface area (Å²) in [5, 5.41) is 0.455. The second kappa shape index (κ2) is 5.40. The van der Waals surface area contributed by atoms with Crippen molar-refractivity contribution in [3.8, 4) is 5.69 Å². The molecule has 102 valence electrons. The van der Waals surface area contributed by atoms with Crippen LogP contribution < -0.4 is 0 Å².